The van der Waals surface area contributed by atoms with E-state index < -0.39 is 0 Å². The Hall–Kier alpha value is -2.97. The molecule has 0 fully saturated rings. The first kappa shape index (κ1) is 20.3. The van der Waals surface area contributed by atoms with Crippen LogP contribution >= 0.6 is 31.9 Å². The molecule has 0 aliphatic carbocycles. The summed E-state index contributed by atoms with van der Waals surface area (Å²) in [5.41, 5.74) is 8.32. The van der Waals surface area contributed by atoms with Crippen LogP contribution in [0.5, 0.6) is 0 Å². The van der Waals surface area contributed by atoms with Crippen molar-refractivity contribution < 1.29 is 9.59 Å². The maximum Gasteiger partial charge on any atom is 0.271 e. The molecule has 3 aromatic rings. The Balaban J connectivity index is 1.56. The van der Waals surface area contributed by atoms with E-state index in [1.807, 2.05) is 24.3 Å². The molecule has 0 spiro atoms. The van der Waals surface area contributed by atoms with Crippen LogP contribution in [0.3, 0.4) is 0 Å². The molecule has 3 aromatic carbocycles. The number of nitrogens with one attached hydrogen (secondary N) is 2. The highest BCUT2D eigenvalue weighted by Gasteiger charge is 2.27. The quantitative estimate of drug-likeness (QED) is 0.492. The van der Waals surface area contributed by atoms with Gasteiger partial charge in [0.25, 0.3) is 11.8 Å². The monoisotopic (exact) mass is 526 g/mol. The summed E-state index contributed by atoms with van der Waals surface area (Å²) in [6, 6.07) is 21.8. The van der Waals surface area contributed by atoms with Gasteiger partial charge in [0, 0.05) is 25.6 Å². The Labute approximate surface area is 190 Å². The number of hydrogen-bond donors (Lipinski definition) is 2. The van der Waals surface area contributed by atoms with Crippen LogP contribution in [-0.4, -0.2) is 22.7 Å². The molecule has 30 heavy (non-hydrogen) atoms. The Bertz CT molecular complexity index is 1130. The van der Waals surface area contributed by atoms with Crippen LogP contribution in [0.1, 0.15) is 31.8 Å². The molecular weight excluding hydrogens is 512 g/mol. The van der Waals surface area contributed by atoms with Crippen LogP contribution in [0, 0.1) is 0 Å². The van der Waals surface area contributed by atoms with Gasteiger partial charge in [-0.2, -0.15) is 5.10 Å². The largest absolute Gasteiger partial charge is 0.271 e. The smallest absolute Gasteiger partial charge is 0.267 e. The van der Waals surface area contributed by atoms with Gasteiger partial charge in [-0.25, -0.2) is 5.43 Å². The number of amides is 2. The number of hydrazine groups is 1. The van der Waals surface area contributed by atoms with E-state index in [0.717, 1.165) is 20.1 Å². The fraction of sp³-hybridized carbons (Fsp3) is 0.0455. The van der Waals surface area contributed by atoms with Gasteiger partial charge in [0.05, 0.1) is 6.54 Å². The molecule has 0 radical (unpaired) electrons. The van der Waals surface area contributed by atoms with E-state index >= 15 is 0 Å². The molecule has 2 N–H and O–H groups in total. The Morgan fingerprint density at radius 3 is 2.00 bits per heavy atom. The zero-order valence-electron chi connectivity index (χ0n) is 15.6. The van der Waals surface area contributed by atoms with Crippen LogP contribution in [0.15, 0.2) is 86.8 Å². The number of hydrazone groups is 1. The van der Waals surface area contributed by atoms with Crippen molar-refractivity contribution in [2.75, 3.05) is 0 Å². The van der Waals surface area contributed by atoms with Crippen molar-refractivity contribution in [2.45, 2.75) is 6.54 Å². The van der Waals surface area contributed by atoms with Gasteiger partial charge in [-0.15, -0.1) is 0 Å². The Morgan fingerprint density at radius 1 is 0.800 bits per heavy atom. The third-order valence-corrected chi connectivity index (χ3v) is 5.61. The number of amidine groups is 1. The zero-order chi connectivity index (χ0) is 21.1. The van der Waals surface area contributed by atoms with E-state index in [4.69, 9.17) is 0 Å². The second-order valence-electron chi connectivity index (χ2n) is 6.57. The van der Waals surface area contributed by atoms with Gasteiger partial charge >= 0.3 is 0 Å². The summed E-state index contributed by atoms with van der Waals surface area (Å²) in [5, 5.41) is 5.95. The molecule has 0 atom stereocenters. The topological polar surface area (TPSA) is 73.8 Å². The molecule has 150 valence electrons. The van der Waals surface area contributed by atoms with E-state index in [1.54, 1.807) is 53.5 Å². The zero-order valence-corrected chi connectivity index (χ0v) is 18.8. The number of benzene rings is 3. The van der Waals surface area contributed by atoms with Crippen LogP contribution in [0.25, 0.3) is 0 Å². The van der Waals surface area contributed by atoms with E-state index in [2.05, 4.69) is 47.8 Å². The standard InChI is InChI=1S/C22H16Br2N4O2/c23-17-9-5-14(6-10-17)21(29)26-25-20-19-4-2-1-3-16(19)13-28(20)27-22(30)15-7-11-18(24)12-8-15/h1-12H,13H2,(H,26,29)(H,27,30)/b25-20-. The van der Waals surface area contributed by atoms with Gasteiger partial charge in [0.1, 0.15) is 0 Å². The van der Waals surface area contributed by atoms with Crippen molar-refractivity contribution in [2.24, 2.45) is 5.10 Å². The number of carbonyl (C=O) groups excluding carboxylic acids is 2. The lowest BCUT2D eigenvalue weighted by atomic mass is 10.1. The van der Waals surface area contributed by atoms with Crippen molar-refractivity contribution >= 4 is 49.5 Å². The first-order valence-electron chi connectivity index (χ1n) is 9.07. The fourth-order valence-electron chi connectivity index (χ4n) is 3.04. The Morgan fingerprint density at radius 2 is 1.37 bits per heavy atom. The number of hydrogen-bond acceptors (Lipinski definition) is 3. The second kappa shape index (κ2) is 8.81. The molecule has 0 saturated heterocycles. The molecule has 1 aliphatic heterocycles. The van der Waals surface area contributed by atoms with Gasteiger partial charge in [-0.05, 0) is 54.1 Å². The minimum Gasteiger partial charge on any atom is -0.267 e. The van der Waals surface area contributed by atoms with Crippen LogP contribution in [-0.2, 0) is 6.54 Å². The predicted molar refractivity (Wildman–Crippen MR) is 122 cm³/mol. The van der Waals surface area contributed by atoms with Crippen LogP contribution in [0.4, 0.5) is 0 Å². The Kier molecular flexibility index (Phi) is 5.96. The minimum absolute atomic E-state index is 0.262. The molecule has 8 heteroatoms. The summed E-state index contributed by atoms with van der Waals surface area (Å²) in [5.74, 6) is -0.123. The van der Waals surface area contributed by atoms with Crippen LogP contribution < -0.4 is 10.9 Å². The summed E-state index contributed by atoms with van der Waals surface area (Å²) in [6.45, 7) is 0.450. The lowest BCUT2D eigenvalue weighted by molar-refractivity contribution is 0.0869. The summed E-state index contributed by atoms with van der Waals surface area (Å²) in [6.07, 6.45) is 0. The molecule has 0 aromatic heterocycles. The normalized spacial score (nSPS) is 13.8. The van der Waals surface area contributed by atoms with Crippen LogP contribution in [0.2, 0.25) is 0 Å². The number of fused-ring (bicyclic) bond motifs is 1. The summed E-state index contributed by atoms with van der Waals surface area (Å²) < 4.78 is 1.78. The maximum absolute atomic E-state index is 12.7. The predicted octanol–water partition coefficient (Wildman–Crippen LogP) is 4.46. The molecule has 1 aliphatic rings. The average Bonchev–Trinajstić information content (AvgIpc) is 3.10. The number of halogens is 2. The summed E-state index contributed by atoms with van der Waals surface area (Å²) >= 11 is 6.72. The highest BCUT2D eigenvalue weighted by molar-refractivity contribution is 9.10. The van der Waals surface area contributed by atoms with Crippen molar-refractivity contribution in [1.82, 2.24) is 15.9 Å². The molecule has 6 nitrogen and oxygen atoms in total. The minimum atomic E-state index is -0.335. The van der Waals surface area contributed by atoms with Gasteiger partial charge < -0.3 is 0 Å². The third kappa shape index (κ3) is 4.44. The SMILES string of the molecule is O=C(N/N=C1/c2ccccc2CN1NC(=O)c1ccc(Br)cc1)c1ccc(Br)cc1. The molecule has 0 bridgehead atoms. The van der Waals surface area contributed by atoms with E-state index in [9.17, 15) is 9.59 Å². The lowest BCUT2D eigenvalue weighted by Gasteiger charge is -2.20. The highest BCUT2D eigenvalue weighted by Crippen LogP contribution is 2.22. The number of carbonyl (C=O) groups is 2. The summed E-state index contributed by atoms with van der Waals surface area (Å²) in [4.78, 5) is 25.1. The molecule has 0 saturated carbocycles. The van der Waals surface area contributed by atoms with Gasteiger partial charge in [-0.1, -0.05) is 56.1 Å². The lowest BCUT2D eigenvalue weighted by Crippen LogP contribution is -2.43. The number of nitrogens with zero attached hydrogens (tertiary/aromatic N) is 2. The third-order valence-electron chi connectivity index (χ3n) is 4.56. The fourth-order valence-corrected chi connectivity index (χ4v) is 3.57. The highest BCUT2D eigenvalue weighted by atomic mass is 79.9. The molecule has 0 unspecified atom stereocenters. The first-order valence-corrected chi connectivity index (χ1v) is 10.7. The first-order chi connectivity index (χ1) is 14.5. The maximum atomic E-state index is 12.7. The average molecular weight is 528 g/mol. The summed E-state index contributed by atoms with van der Waals surface area (Å²) in [7, 11) is 0. The second-order valence-corrected chi connectivity index (χ2v) is 8.41. The number of rotatable bonds is 4. The van der Waals surface area contributed by atoms with Crippen molar-refractivity contribution in [3.8, 4) is 0 Å². The van der Waals surface area contributed by atoms with Gasteiger partial charge in [0.2, 0.25) is 0 Å². The molecule has 1 heterocycles. The molecule has 2 amide bonds. The van der Waals surface area contributed by atoms with E-state index in [0.29, 0.717) is 23.5 Å². The molecular formula is C22H16Br2N4O2. The van der Waals surface area contributed by atoms with E-state index in [-0.39, 0.29) is 11.8 Å². The van der Waals surface area contributed by atoms with Gasteiger partial charge in [-0.3, -0.25) is 20.0 Å². The van der Waals surface area contributed by atoms with Gasteiger partial charge in [0.15, 0.2) is 5.84 Å². The van der Waals surface area contributed by atoms with Crippen molar-refractivity contribution in [3.05, 3.63) is 104 Å². The molecule has 4 rings (SSSR count). The van der Waals surface area contributed by atoms with Crippen molar-refractivity contribution in [1.29, 1.82) is 0 Å². The van der Waals surface area contributed by atoms with Crippen molar-refractivity contribution in [3.63, 3.8) is 0 Å². The van der Waals surface area contributed by atoms with E-state index in [1.165, 1.54) is 0 Å².